The van der Waals surface area contributed by atoms with Crippen molar-refractivity contribution in [1.29, 1.82) is 0 Å². The zero-order valence-electron chi connectivity index (χ0n) is 12.6. The topological polar surface area (TPSA) is 75.5 Å². The SMILES string of the molecule is CCC(C)C1NC(c2ccc([N+](=O)[O-])cc2)N(CC)C1=O. The number of carbonyl (C=O) groups is 1. The molecule has 1 aliphatic heterocycles. The zero-order chi connectivity index (χ0) is 15.6. The minimum absolute atomic E-state index is 0.0598. The molecular weight excluding hydrogens is 270 g/mol. The summed E-state index contributed by atoms with van der Waals surface area (Å²) < 4.78 is 0. The Bertz CT molecular complexity index is 529. The highest BCUT2D eigenvalue weighted by Gasteiger charge is 2.40. The Morgan fingerprint density at radius 1 is 1.33 bits per heavy atom. The molecule has 21 heavy (non-hydrogen) atoms. The number of nitrogens with one attached hydrogen (secondary N) is 1. The Morgan fingerprint density at radius 3 is 2.43 bits per heavy atom. The van der Waals surface area contributed by atoms with Crippen molar-refractivity contribution in [2.75, 3.05) is 6.54 Å². The maximum atomic E-state index is 12.5. The number of hydrogen-bond donors (Lipinski definition) is 1. The third kappa shape index (κ3) is 2.90. The first-order chi connectivity index (χ1) is 9.99. The van der Waals surface area contributed by atoms with Gasteiger partial charge in [0, 0.05) is 18.7 Å². The van der Waals surface area contributed by atoms with Gasteiger partial charge in [-0.3, -0.25) is 20.2 Å². The molecule has 0 radical (unpaired) electrons. The van der Waals surface area contributed by atoms with Crippen LogP contribution in [0.5, 0.6) is 0 Å². The van der Waals surface area contributed by atoms with Crippen LogP contribution in [-0.4, -0.2) is 28.3 Å². The van der Waals surface area contributed by atoms with Crippen molar-refractivity contribution in [2.24, 2.45) is 5.92 Å². The van der Waals surface area contributed by atoms with Gasteiger partial charge in [-0.1, -0.05) is 20.3 Å². The predicted octanol–water partition coefficient (Wildman–Crippen LogP) is 2.46. The van der Waals surface area contributed by atoms with Crippen LogP contribution < -0.4 is 5.32 Å². The van der Waals surface area contributed by atoms with Crippen LogP contribution >= 0.6 is 0 Å². The van der Waals surface area contributed by atoms with Crippen molar-refractivity contribution >= 4 is 11.6 Å². The number of rotatable bonds is 5. The third-order valence-corrected chi connectivity index (χ3v) is 4.17. The van der Waals surface area contributed by atoms with Crippen LogP contribution in [-0.2, 0) is 4.79 Å². The molecule has 1 fully saturated rings. The van der Waals surface area contributed by atoms with E-state index in [1.165, 1.54) is 12.1 Å². The van der Waals surface area contributed by atoms with Gasteiger partial charge >= 0.3 is 0 Å². The van der Waals surface area contributed by atoms with Crippen molar-refractivity contribution in [3.05, 3.63) is 39.9 Å². The summed E-state index contributed by atoms with van der Waals surface area (Å²) in [6.07, 6.45) is 0.718. The lowest BCUT2D eigenvalue weighted by Crippen LogP contribution is -2.35. The van der Waals surface area contributed by atoms with Crippen molar-refractivity contribution in [3.63, 3.8) is 0 Å². The van der Waals surface area contributed by atoms with Crippen LogP contribution in [0.2, 0.25) is 0 Å². The average Bonchev–Trinajstić information content (AvgIpc) is 2.83. The van der Waals surface area contributed by atoms with Gasteiger partial charge in [-0.15, -0.1) is 0 Å². The second-order valence-corrected chi connectivity index (χ2v) is 5.41. The molecule has 1 amide bonds. The maximum Gasteiger partial charge on any atom is 0.269 e. The molecule has 2 rings (SSSR count). The minimum atomic E-state index is -0.420. The molecule has 3 atom stereocenters. The van der Waals surface area contributed by atoms with Crippen LogP contribution in [0.15, 0.2) is 24.3 Å². The summed E-state index contributed by atoms with van der Waals surface area (Å²) in [4.78, 5) is 24.5. The number of nitrogens with zero attached hydrogens (tertiary/aromatic N) is 2. The quantitative estimate of drug-likeness (QED) is 0.668. The molecule has 1 aromatic carbocycles. The number of hydrogen-bond acceptors (Lipinski definition) is 4. The number of nitro groups is 1. The van der Waals surface area contributed by atoms with Crippen LogP contribution in [0.25, 0.3) is 0 Å². The monoisotopic (exact) mass is 291 g/mol. The normalized spacial score (nSPS) is 23.4. The van der Waals surface area contributed by atoms with Gasteiger partial charge in [0.2, 0.25) is 5.91 Å². The van der Waals surface area contributed by atoms with Gasteiger partial charge < -0.3 is 4.90 Å². The number of benzene rings is 1. The van der Waals surface area contributed by atoms with E-state index in [1.54, 1.807) is 17.0 Å². The van der Waals surface area contributed by atoms with E-state index in [-0.39, 0.29) is 29.7 Å². The molecule has 0 bridgehead atoms. The number of non-ortho nitro benzene ring substituents is 1. The van der Waals surface area contributed by atoms with Crippen LogP contribution in [0.4, 0.5) is 5.69 Å². The van der Waals surface area contributed by atoms with Gasteiger partial charge in [-0.25, -0.2) is 0 Å². The Kier molecular flexibility index (Phi) is 4.57. The van der Waals surface area contributed by atoms with Crippen molar-refractivity contribution in [1.82, 2.24) is 10.2 Å². The first-order valence-electron chi connectivity index (χ1n) is 7.30. The molecule has 0 aromatic heterocycles. The Morgan fingerprint density at radius 2 is 1.95 bits per heavy atom. The second kappa shape index (κ2) is 6.22. The van der Waals surface area contributed by atoms with Crippen molar-refractivity contribution < 1.29 is 9.72 Å². The summed E-state index contributed by atoms with van der Waals surface area (Å²) in [6, 6.07) is 6.20. The summed E-state index contributed by atoms with van der Waals surface area (Å²) in [5, 5.41) is 14.1. The zero-order valence-corrected chi connectivity index (χ0v) is 12.6. The van der Waals surface area contributed by atoms with E-state index < -0.39 is 4.92 Å². The van der Waals surface area contributed by atoms with Crippen molar-refractivity contribution in [2.45, 2.75) is 39.4 Å². The molecule has 6 nitrogen and oxygen atoms in total. The number of nitro benzene ring substituents is 1. The van der Waals surface area contributed by atoms with E-state index in [1.807, 2.05) is 6.92 Å². The molecular formula is C15H21N3O3. The lowest BCUT2D eigenvalue weighted by molar-refractivity contribution is -0.384. The number of amides is 1. The highest BCUT2D eigenvalue weighted by Crippen LogP contribution is 2.29. The number of likely N-dealkylation sites (N-methyl/N-ethyl adjacent to an activating group) is 1. The van der Waals surface area contributed by atoms with Gasteiger partial charge in [0.25, 0.3) is 5.69 Å². The number of carbonyl (C=O) groups excluding carboxylic acids is 1. The van der Waals surface area contributed by atoms with Crippen LogP contribution in [0.1, 0.15) is 38.9 Å². The largest absolute Gasteiger partial charge is 0.322 e. The van der Waals surface area contributed by atoms with Gasteiger partial charge in [-0.05, 0) is 30.5 Å². The summed E-state index contributed by atoms with van der Waals surface area (Å²) in [5.74, 6) is 0.366. The second-order valence-electron chi connectivity index (χ2n) is 5.41. The fourth-order valence-corrected chi connectivity index (χ4v) is 2.67. The molecule has 114 valence electrons. The van der Waals surface area contributed by atoms with Gasteiger partial charge in [-0.2, -0.15) is 0 Å². The average molecular weight is 291 g/mol. The third-order valence-electron chi connectivity index (χ3n) is 4.17. The molecule has 3 unspecified atom stereocenters. The fourth-order valence-electron chi connectivity index (χ4n) is 2.67. The standard InChI is InChI=1S/C15H21N3O3/c1-4-10(3)13-15(19)17(5-2)14(16-13)11-6-8-12(9-7-11)18(20)21/h6-10,13-14,16H,4-5H2,1-3H3. The van der Waals surface area contributed by atoms with E-state index in [2.05, 4.69) is 19.2 Å². The highest BCUT2D eigenvalue weighted by molar-refractivity contribution is 5.84. The molecule has 0 saturated carbocycles. The maximum absolute atomic E-state index is 12.5. The molecule has 1 heterocycles. The predicted molar refractivity (Wildman–Crippen MR) is 79.6 cm³/mol. The van der Waals surface area contributed by atoms with E-state index in [9.17, 15) is 14.9 Å². The summed E-state index contributed by atoms with van der Waals surface area (Å²) >= 11 is 0. The first-order valence-corrected chi connectivity index (χ1v) is 7.30. The fraction of sp³-hybridized carbons (Fsp3) is 0.533. The smallest absolute Gasteiger partial charge is 0.269 e. The molecule has 1 aliphatic rings. The van der Waals surface area contributed by atoms with Gasteiger partial charge in [0.15, 0.2) is 0 Å². The Labute approximate surface area is 124 Å². The van der Waals surface area contributed by atoms with Crippen LogP contribution in [0, 0.1) is 16.0 Å². The summed E-state index contributed by atoms with van der Waals surface area (Å²) in [7, 11) is 0. The summed E-state index contributed by atoms with van der Waals surface area (Å²) in [5.41, 5.74) is 0.936. The van der Waals surface area contributed by atoms with Gasteiger partial charge in [0.05, 0.1) is 11.0 Å². The van der Waals surface area contributed by atoms with E-state index in [4.69, 9.17) is 0 Å². The van der Waals surface area contributed by atoms with Crippen molar-refractivity contribution in [3.8, 4) is 0 Å². The van der Waals surface area contributed by atoms with Gasteiger partial charge in [0.1, 0.15) is 6.17 Å². The highest BCUT2D eigenvalue weighted by atomic mass is 16.6. The molecule has 1 saturated heterocycles. The molecule has 1 aromatic rings. The Balaban J connectivity index is 2.25. The van der Waals surface area contributed by atoms with E-state index in [0.717, 1.165) is 12.0 Å². The molecule has 6 heteroatoms. The summed E-state index contributed by atoms with van der Waals surface area (Å²) in [6.45, 7) is 6.67. The van der Waals surface area contributed by atoms with E-state index >= 15 is 0 Å². The molecule has 0 aliphatic carbocycles. The first kappa shape index (κ1) is 15.4. The lowest BCUT2D eigenvalue weighted by Gasteiger charge is -2.22. The Hall–Kier alpha value is -1.95. The van der Waals surface area contributed by atoms with Crippen LogP contribution in [0.3, 0.4) is 0 Å². The molecule has 0 spiro atoms. The minimum Gasteiger partial charge on any atom is -0.322 e. The molecule has 1 N–H and O–H groups in total. The van der Waals surface area contributed by atoms with E-state index in [0.29, 0.717) is 6.54 Å². The lowest BCUT2D eigenvalue weighted by atomic mass is 9.99.